The summed E-state index contributed by atoms with van der Waals surface area (Å²) in [6, 6.07) is 8.80. The third-order valence-electron chi connectivity index (χ3n) is 4.18. The Morgan fingerprint density at radius 3 is 3.00 bits per heavy atom. The van der Waals surface area contributed by atoms with Crippen molar-refractivity contribution in [2.75, 3.05) is 29.9 Å². The van der Waals surface area contributed by atoms with Crippen molar-refractivity contribution in [1.29, 1.82) is 5.26 Å². The van der Waals surface area contributed by atoms with Gasteiger partial charge in [0.2, 0.25) is 0 Å². The number of pyridine rings is 1. The van der Waals surface area contributed by atoms with Crippen LogP contribution in [0.1, 0.15) is 18.1 Å². The van der Waals surface area contributed by atoms with Crippen molar-refractivity contribution in [3.05, 3.63) is 53.5 Å². The molecular weight excluding hydrogens is 349 g/mol. The smallest absolute Gasteiger partial charge is 0.319 e. The van der Waals surface area contributed by atoms with E-state index in [4.69, 9.17) is 10.00 Å². The van der Waals surface area contributed by atoms with Gasteiger partial charge in [0, 0.05) is 25.8 Å². The van der Waals surface area contributed by atoms with Gasteiger partial charge in [-0.25, -0.2) is 14.2 Å². The summed E-state index contributed by atoms with van der Waals surface area (Å²) in [5.74, 6) is 0.349. The maximum Gasteiger partial charge on any atom is 0.319 e. The molecule has 1 aromatic carbocycles. The van der Waals surface area contributed by atoms with E-state index in [-0.39, 0.29) is 23.9 Å². The number of hydrogen-bond acceptors (Lipinski definition) is 5. The SMILES string of the molecule is CC1CN(c2ccc(CNC(=O)Nc3ccc(F)cc3C#N)cn2)CCO1. The Morgan fingerprint density at radius 1 is 1.44 bits per heavy atom. The molecule has 140 valence electrons. The first-order chi connectivity index (χ1) is 13.0. The largest absolute Gasteiger partial charge is 0.375 e. The number of aromatic nitrogens is 1. The molecule has 0 radical (unpaired) electrons. The van der Waals surface area contributed by atoms with Crippen LogP contribution in [-0.4, -0.2) is 36.8 Å². The number of morpholine rings is 1. The van der Waals surface area contributed by atoms with Gasteiger partial charge in [-0.3, -0.25) is 0 Å². The van der Waals surface area contributed by atoms with Gasteiger partial charge in [0.05, 0.1) is 24.0 Å². The minimum atomic E-state index is -0.529. The summed E-state index contributed by atoms with van der Waals surface area (Å²) in [6.45, 7) is 4.59. The van der Waals surface area contributed by atoms with Gasteiger partial charge in [0.1, 0.15) is 17.7 Å². The van der Waals surface area contributed by atoms with E-state index < -0.39 is 11.8 Å². The van der Waals surface area contributed by atoms with Crippen molar-refractivity contribution in [1.82, 2.24) is 10.3 Å². The van der Waals surface area contributed by atoms with Crippen LogP contribution < -0.4 is 15.5 Å². The van der Waals surface area contributed by atoms with Crippen LogP contribution in [0.5, 0.6) is 0 Å². The number of carbonyl (C=O) groups is 1. The number of urea groups is 1. The molecule has 2 N–H and O–H groups in total. The molecule has 1 aliphatic heterocycles. The summed E-state index contributed by atoms with van der Waals surface area (Å²) in [6.07, 6.45) is 1.89. The van der Waals surface area contributed by atoms with E-state index in [2.05, 4.69) is 20.5 Å². The first kappa shape index (κ1) is 18.6. The maximum atomic E-state index is 13.1. The van der Waals surface area contributed by atoms with Gasteiger partial charge in [-0.15, -0.1) is 0 Å². The molecule has 7 nitrogen and oxygen atoms in total. The van der Waals surface area contributed by atoms with E-state index in [0.29, 0.717) is 6.61 Å². The first-order valence-corrected chi connectivity index (χ1v) is 8.61. The van der Waals surface area contributed by atoms with Gasteiger partial charge in [-0.1, -0.05) is 6.07 Å². The molecule has 2 heterocycles. The van der Waals surface area contributed by atoms with Gasteiger partial charge in [-0.05, 0) is 36.8 Å². The van der Waals surface area contributed by atoms with Crippen LogP contribution in [-0.2, 0) is 11.3 Å². The Morgan fingerprint density at radius 2 is 2.30 bits per heavy atom. The lowest BCUT2D eigenvalue weighted by molar-refractivity contribution is 0.0529. The van der Waals surface area contributed by atoms with Crippen molar-refractivity contribution >= 4 is 17.5 Å². The number of rotatable bonds is 4. The van der Waals surface area contributed by atoms with Crippen LogP contribution in [0.2, 0.25) is 0 Å². The monoisotopic (exact) mass is 369 g/mol. The molecule has 1 aromatic heterocycles. The molecule has 1 unspecified atom stereocenters. The van der Waals surface area contributed by atoms with E-state index in [9.17, 15) is 9.18 Å². The highest BCUT2D eigenvalue weighted by Gasteiger charge is 2.17. The fraction of sp³-hybridized carbons (Fsp3) is 0.316. The number of nitrogens with one attached hydrogen (secondary N) is 2. The highest BCUT2D eigenvalue weighted by Crippen LogP contribution is 2.17. The van der Waals surface area contributed by atoms with Gasteiger partial charge in [-0.2, -0.15) is 5.26 Å². The van der Waals surface area contributed by atoms with E-state index in [1.807, 2.05) is 25.1 Å². The molecule has 3 rings (SSSR count). The minimum Gasteiger partial charge on any atom is -0.375 e. The average molecular weight is 369 g/mol. The Hall–Kier alpha value is -3.18. The number of ether oxygens (including phenoxy) is 1. The number of carbonyl (C=O) groups excluding carboxylic acids is 1. The second-order valence-corrected chi connectivity index (χ2v) is 6.26. The highest BCUT2D eigenvalue weighted by atomic mass is 19.1. The molecule has 1 atom stereocenters. The number of hydrogen-bond donors (Lipinski definition) is 2. The summed E-state index contributed by atoms with van der Waals surface area (Å²) in [4.78, 5) is 18.6. The Balaban J connectivity index is 1.54. The van der Waals surface area contributed by atoms with E-state index >= 15 is 0 Å². The number of nitriles is 1. The molecule has 0 saturated carbocycles. The molecule has 2 amide bonds. The zero-order valence-electron chi connectivity index (χ0n) is 14.9. The normalized spacial score (nSPS) is 16.5. The van der Waals surface area contributed by atoms with Gasteiger partial charge < -0.3 is 20.3 Å². The van der Waals surface area contributed by atoms with Crippen molar-refractivity contribution < 1.29 is 13.9 Å². The molecule has 1 saturated heterocycles. The third kappa shape index (κ3) is 4.92. The Labute approximate surface area is 156 Å². The standard InChI is InChI=1S/C19H20FN5O2/c1-13-12-25(6-7-27-13)18-5-2-14(10-22-18)11-23-19(26)24-17-4-3-16(20)8-15(17)9-21/h2-5,8,10,13H,6-7,11-12H2,1H3,(H2,23,24,26). The average Bonchev–Trinajstić information content (AvgIpc) is 2.68. The van der Waals surface area contributed by atoms with Crippen LogP contribution >= 0.6 is 0 Å². The van der Waals surface area contributed by atoms with E-state index in [0.717, 1.165) is 30.5 Å². The predicted octanol–water partition coefficient (Wildman–Crippen LogP) is 2.64. The van der Waals surface area contributed by atoms with Crippen LogP contribution in [0, 0.1) is 17.1 Å². The number of nitrogens with zero attached hydrogens (tertiary/aromatic N) is 3. The second kappa shape index (κ2) is 8.47. The number of halogens is 1. The summed E-state index contributed by atoms with van der Waals surface area (Å²) in [7, 11) is 0. The highest BCUT2D eigenvalue weighted by molar-refractivity contribution is 5.90. The van der Waals surface area contributed by atoms with Crippen LogP contribution in [0.3, 0.4) is 0 Å². The fourth-order valence-electron chi connectivity index (χ4n) is 2.80. The molecule has 27 heavy (non-hydrogen) atoms. The molecule has 1 aliphatic rings. The number of amides is 2. The number of benzene rings is 1. The lowest BCUT2D eigenvalue weighted by Crippen LogP contribution is -2.41. The first-order valence-electron chi connectivity index (χ1n) is 8.61. The Kier molecular flexibility index (Phi) is 5.84. The van der Waals surface area contributed by atoms with Crippen molar-refractivity contribution in [2.45, 2.75) is 19.6 Å². The molecule has 0 spiro atoms. The third-order valence-corrected chi connectivity index (χ3v) is 4.18. The zero-order valence-corrected chi connectivity index (χ0v) is 14.9. The van der Waals surface area contributed by atoms with Crippen molar-refractivity contribution in [3.63, 3.8) is 0 Å². The van der Waals surface area contributed by atoms with Crippen LogP contribution in [0.25, 0.3) is 0 Å². The lowest BCUT2D eigenvalue weighted by Gasteiger charge is -2.32. The molecule has 2 aromatic rings. The van der Waals surface area contributed by atoms with E-state index in [1.165, 1.54) is 12.1 Å². The summed E-state index contributed by atoms with van der Waals surface area (Å²) in [5.41, 5.74) is 1.16. The minimum absolute atomic E-state index is 0.0657. The summed E-state index contributed by atoms with van der Waals surface area (Å²) >= 11 is 0. The Bertz CT molecular complexity index is 850. The van der Waals surface area contributed by atoms with E-state index in [1.54, 1.807) is 6.20 Å². The van der Waals surface area contributed by atoms with Gasteiger partial charge in [0.15, 0.2) is 0 Å². The summed E-state index contributed by atoms with van der Waals surface area (Å²) < 4.78 is 18.7. The second-order valence-electron chi connectivity index (χ2n) is 6.26. The van der Waals surface area contributed by atoms with Crippen LogP contribution in [0.15, 0.2) is 36.5 Å². The molecule has 8 heteroatoms. The maximum absolute atomic E-state index is 13.1. The zero-order chi connectivity index (χ0) is 19.2. The van der Waals surface area contributed by atoms with Crippen molar-refractivity contribution in [3.8, 4) is 6.07 Å². The summed E-state index contributed by atoms with van der Waals surface area (Å²) in [5, 5.41) is 14.2. The molecular formula is C19H20FN5O2. The van der Waals surface area contributed by atoms with Gasteiger partial charge >= 0.3 is 6.03 Å². The fourth-order valence-corrected chi connectivity index (χ4v) is 2.80. The molecule has 1 fully saturated rings. The molecule has 0 bridgehead atoms. The van der Waals surface area contributed by atoms with Crippen molar-refractivity contribution in [2.24, 2.45) is 0 Å². The molecule has 0 aliphatic carbocycles. The topological polar surface area (TPSA) is 90.3 Å². The predicted molar refractivity (Wildman–Crippen MR) is 98.8 cm³/mol. The van der Waals surface area contributed by atoms with Gasteiger partial charge in [0.25, 0.3) is 0 Å². The van der Waals surface area contributed by atoms with Crippen LogP contribution in [0.4, 0.5) is 20.7 Å². The number of anilines is 2. The lowest BCUT2D eigenvalue weighted by atomic mass is 10.2. The quantitative estimate of drug-likeness (QED) is 0.865.